The molecular weight excluding hydrogens is 426 g/mol. The van der Waals surface area contributed by atoms with E-state index < -0.39 is 0 Å². The van der Waals surface area contributed by atoms with E-state index in [2.05, 4.69) is 34.0 Å². The maximum absolute atomic E-state index is 13.1. The lowest BCUT2D eigenvalue weighted by atomic mass is 9.88. The quantitative estimate of drug-likeness (QED) is 0.405. The van der Waals surface area contributed by atoms with E-state index in [9.17, 15) is 4.79 Å². The molecule has 0 bridgehead atoms. The van der Waals surface area contributed by atoms with Crippen molar-refractivity contribution in [1.82, 2.24) is 9.58 Å². The molecule has 0 unspecified atom stereocenters. The van der Waals surface area contributed by atoms with Crippen molar-refractivity contribution in [2.75, 3.05) is 25.5 Å². The van der Waals surface area contributed by atoms with Crippen LogP contribution in [-0.2, 0) is 0 Å². The second kappa shape index (κ2) is 8.72. The van der Waals surface area contributed by atoms with Gasteiger partial charge in [-0.15, -0.1) is 0 Å². The van der Waals surface area contributed by atoms with Crippen LogP contribution in [0.25, 0.3) is 10.9 Å². The number of hydrogen-bond donors (Lipinski definition) is 1. The minimum Gasteiger partial charge on any atom is -0.339 e. The van der Waals surface area contributed by atoms with Crippen LogP contribution in [0.1, 0.15) is 60.0 Å². The summed E-state index contributed by atoms with van der Waals surface area (Å²) in [6, 6.07) is 13.5. The van der Waals surface area contributed by atoms with Crippen molar-refractivity contribution >= 4 is 32.6 Å². The molecular formula is C24H28BrN3O. The molecule has 1 aromatic heterocycles. The second-order valence-corrected chi connectivity index (χ2v) is 8.86. The van der Waals surface area contributed by atoms with Crippen molar-refractivity contribution < 1.29 is 4.79 Å². The number of nitrogens with zero attached hydrogens (tertiary/aromatic N) is 2. The highest BCUT2D eigenvalue weighted by atomic mass is 79.9. The molecule has 0 aliphatic carbocycles. The lowest BCUT2D eigenvalue weighted by Gasteiger charge is -2.31. The van der Waals surface area contributed by atoms with Crippen molar-refractivity contribution in [2.45, 2.75) is 38.5 Å². The van der Waals surface area contributed by atoms with Crippen molar-refractivity contribution in [3.63, 3.8) is 0 Å². The van der Waals surface area contributed by atoms with Gasteiger partial charge in [0.05, 0.1) is 5.52 Å². The van der Waals surface area contributed by atoms with E-state index in [0.717, 1.165) is 41.3 Å². The van der Waals surface area contributed by atoms with Gasteiger partial charge in [0.25, 0.3) is 0 Å². The van der Waals surface area contributed by atoms with Gasteiger partial charge in [-0.05, 0) is 80.7 Å². The zero-order chi connectivity index (χ0) is 20.4. The van der Waals surface area contributed by atoms with Crippen molar-refractivity contribution in [2.24, 2.45) is 0 Å². The summed E-state index contributed by atoms with van der Waals surface area (Å²) in [5.41, 5.74) is 3.65. The fourth-order valence-electron chi connectivity index (χ4n) is 4.40. The Balaban J connectivity index is 1.62. The number of halogens is 1. The fraction of sp³-hybridized carbons (Fsp3) is 0.375. The topological polar surface area (TPSA) is 51.3 Å². The van der Waals surface area contributed by atoms with Crippen LogP contribution in [0.3, 0.4) is 0 Å². The van der Waals surface area contributed by atoms with E-state index in [-0.39, 0.29) is 5.78 Å². The molecule has 0 amide bonds. The number of carbonyl (C=O) groups is 1. The molecule has 1 saturated heterocycles. The van der Waals surface area contributed by atoms with Gasteiger partial charge in [-0.25, -0.2) is 0 Å². The average Bonchev–Trinajstić information content (AvgIpc) is 3.08. The fourth-order valence-corrected chi connectivity index (χ4v) is 4.86. The summed E-state index contributed by atoms with van der Waals surface area (Å²) in [6.45, 7) is 5.72. The first-order valence-electron chi connectivity index (χ1n) is 10.5. The van der Waals surface area contributed by atoms with Crippen LogP contribution in [0.5, 0.6) is 0 Å². The number of likely N-dealkylation sites (tertiary alicyclic amines) is 1. The number of hydrogen-bond acceptors (Lipinski definition) is 3. The van der Waals surface area contributed by atoms with Gasteiger partial charge < -0.3 is 10.7 Å². The number of benzene rings is 2. The van der Waals surface area contributed by atoms with Gasteiger partial charge in [0.1, 0.15) is 0 Å². The molecule has 2 N–H and O–H groups in total. The van der Waals surface area contributed by atoms with Gasteiger partial charge in [0.15, 0.2) is 5.78 Å². The highest BCUT2D eigenvalue weighted by Crippen LogP contribution is 2.35. The zero-order valence-corrected chi connectivity index (χ0v) is 18.5. The predicted molar refractivity (Wildman–Crippen MR) is 123 cm³/mol. The van der Waals surface area contributed by atoms with Crippen LogP contribution in [0.2, 0.25) is 0 Å². The van der Waals surface area contributed by atoms with Crippen LogP contribution in [0.4, 0.5) is 0 Å². The molecule has 29 heavy (non-hydrogen) atoms. The summed E-state index contributed by atoms with van der Waals surface area (Å²) < 4.78 is 2.53. The van der Waals surface area contributed by atoms with Crippen molar-refractivity contribution in [3.05, 3.63) is 69.8 Å². The van der Waals surface area contributed by atoms with Gasteiger partial charge in [0, 0.05) is 27.2 Å². The Kier molecular flexibility index (Phi) is 6.07. The lowest BCUT2D eigenvalue weighted by Crippen LogP contribution is -2.33. The molecule has 5 heteroatoms. The summed E-state index contributed by atoms with van der Waals surface area (Å²) in [5, 5.41) is 1.11. The maximum Gasteiger partial charge on any atom is 0.194 e. The number of unbranched alkanes of at least 4 members (excludes halogenated alkanes) is 1. The van der Waals surface area contributed by atoms with E-state index in [4.69, 9.17) is 5.84 Å². The monoisotopic (exact) mass is 453 g/mol. The summed E-state index contributed by atoms with van der Waals surface area (Å²) in [5.74, 6) is 6.78. The predicted octanol–water partition coefficient (Wildman–Crippen LogP) is 5.33. The number of nitrogen functional groups attached to an aromatic ring is 1. The third kappa shape index (κ3) is 4.12. The summed E-state index contributed by atoms with van der Waals surface area (Å²) >= 11 is 3.50. The first-order valence-corrected chi connectivity index (χ1v) is 11.3. The Hall–Kier alpha value is -2.11. The van der Waals surface area contributed by atoms with Crippen molar-refractivity contribution in [1.29, 1.82) is 0 Å². The van der Waals surface area contributed by atoms with E-state index in [1.807, 2.05) is 42.5 Å². The van der Waals surface area contributed by atoms with Crippen LogP contribution >= 0.6 is 15.9 Å². The maximum atomic E-state index is 13.1. The molecule has 1 aliphatic heterocycles. The van der Waals surface area contributed by atoms with Gasteiger partial charge in [-0.3, -0.25) is 9.47 Å². The molecule has 1 aliphatic rings. The number of ketones is 1. The highest BCUT2D eigenvalue weighted by molar-refractivity contribution is 9.10. The molecule has 1 fully saturated rings. The van der Waals surface area contributed by atoms with E-state index in [1.165, 1.54) is 24.9 Å². The molecule has 2 aromatic carbocycles. The smallest absolute Gasteiger partial charge is 0.194 e. The molecule has 3 aromatic rings. The number of piperidine rings is 1. The van der Waals surface area contributed by atoms with Crippen LogP contribution in [0, 0.1) is 0 Å². The average molecular weight is 454 g/mol. The molecule has 0 saturated carbocycles. The molecule has 152 valence electrons. The van der Waals surface area contributed by atoms with Gasteiger partial charge in [-0.1, -0.05) is 41.4 Å². The Morgan fingerprint density at radius 3 is 2.66 bits per heavy atom. The Bertz CT molecular complexity index is 1020. The summed E-state index contributed by atoms with van der Waals surface area (Å²) in [4.78, 5) is 15.6. The standard InChI is InChI=1S/C24H28BrN3O/c1-2-3-12-27-13-10-17(11-14-27)21-16-28(26)23-9-8-18(15-20(21)23)24(29)19-6-4-5-7-22(19)25/h4-9,15-17H,2-3,10-14,26H2,1H3. The minimum atomic E-state index is 0.0319. The second-order valence-electron chi connectivity index (χ2n) is 8.00. The minimum absolute atomic E-state index is 0.0319. The number of nitrogens with two attached hydrogens (primary N) is 1. The molecule has 0 atom stereocenters. The lowest BCUT2D eigenvalue weighted by molar-refractivity contribution is 0.103. The number of fused-ring (bicyclic) bond motifs is 1. The van der Waals surface area contributed by atoms with Crippen LogP contribution in [-0.4, -0.2) is 35.0 Å². The summed E-state index contributed by atoms with van der Waals surface area (Å²) in [6.07, 6.45) is 6.86. The first-order chi connectivity index (χ1) is 14.1. The Morgan fingerprint density at radius 2 is 1.93 bits per heavy atom. The van der Waals surface area contributed by atoms with E-state index in [1.54, 1.807) is 4.68 Å². The third-order valence-corrected chi connectivity index (χ3v) is 6.79. The molecule has 4 rings (SSSR count). The van der Waals surface area contributed by atoms with Crippen LogP contribution < -0.4 is 5.84 Å². The van der Waals surface area contributed by atoms with Crippen LogP contribution in [0.15, 0.2) is 53.1 Å². The number of aromatic nitrogens is 1. The van der Waals surface area contributed by atoms with Gasteiger partial charge >= 0.3 is 0 Å². The van der Waals surface area contributed by atoms with Crippen molar-refractivity contribution in [3.8, 4) is 0 Å². The number of rotatable bonds is 6. The SMILES string of the molecule is CCCCN1CCC(c2cn(N)c3ccc(C(=O)c4ccccc4Br)cc23)CC1. The molecule has 2 heterocycles. The normalized spacial score (nSPS) is 15.8. The summed E-state index contributed by atoms with van der Waals surface area (Å²) in [7, 11) is 0. The number of carbonyl (C=O) groups excluding carboxylic acids is 1. The van der Waals surface area contributed by atoms with Gasteiger partial charge in [-0.2, -0.15) is 0 Å². The van der Waals surface area contributed by atoms with Gasteiger partial charge in [0.2, 0.25) is 0 Å². The third-order valence-electron chi connectivity index (χ3n) is 6.10. The van der Waals surface area contributed by atoms with E-state index in [0.29, 0.717) is 17.0 Å². The Labute approximate surface area is 180 Å². The molecule has 0 spiro atoms. The highest BCUT2D eigenvalue weighted by Gasteiger charge is 2.24. The largest absolute Gasteiger partial charge is 0.339 e. The molecule has 0 radical (unpaired) electrons. The van der Waals surface area contributed by atoms with E-state index >= 15 is 0 Å². The first kappa shape index (κ1) is 20.2. The Morgan fingerprint density at radius 1 is 1.17 bits per heavy atom. The molecule has 4 nitrogen and oxygen atoms in total. The zero-order valence-electron chi connectivity index (χ0n) is 16.9.